The molecule has 0 atom stereocenters. The van der Waals surface area contributed by atoms with Crippen LogP contribution in [0, 0.1) is 13.8 Å². The van der Waals surface area contributed by atoms with Crippen molar-refractivity contribution in [3.8, 4) is 5.82 Å². The number of rotatable bonds is 8. The van der Waals surface area contributed by atoms with E-state index in [9.17, 15) is 13.2 Å². The monoisotopic (exact) mass is 495 g/mol. The lowest BCUT2D eigenvalue weighted by atomic mass is 10.2. The Bertz CT molecular complexity index is 1490. The van der Waals surface area contributed by atoms with Crippen molar-refractivity contribution in [1.29, 1.82) is 0 Å². The van der Waals surface area contributed by atoms with E-state index in [1.165, 1.54) is 18.4 Å². The van der Waals surface area contributed by atoms with Gasteiger partial charge in [-0.05, 0) is 57.2 Å². The van der Waals surface area contributed by atoms with Crippen molar-refractivity contribution in [2.24, 2.45) is 0 Å². The summed E-state index contributed by atoms with van der Waals surface area (Å²) in [6, 6.07) is 10.5. The van der Waals surface area contributed by atoms with Crippen molar-refractivity contribution < 1.29 is 13.2 Å². The van der Waals surface area contributed by atoms with E-state index in [-0.39, 0.29) is 17.2 Å². The number of imidazole rings is 1. The van der Waals surface area contributed by atoms with Gasteiger partial charge < -0.3 is 9.88 Å². The zero-order valence-corrected chi connectivity index (χ0v) is 21.3. The van der Waals surface area contributed by atoms with Crippen molar-refractivity contribution in [2.75, 3.05) is 19.4 Å². The Kier molecular flexibility index (Phi) is 6.73. The van der Waals surface area contributed by atoms with E-state index in [1.54, 1.807) is 35.1 Å². The number of sulfonamides is 1. The van der Waals surface area contributed by atoms with Crippen LogP contribution in [0.1, 0.15) is 30.6 Å². The molecule has 0 saturated carbocycles. The number of amides is 1. The highest BCUT2D eigenvalue weighted by Crippen LogP contribution is 2.23. The number of hydrogen-bond donors (Lipinski definition) is 1. The third kappa shape index (κ3) is 4.96. The quantitative estimate of drug-likeness (QED) is 0.402. The van der Waals surface area contributed by atoms with E-state index in [0.29, 0.717) is 30.0 Å². The molecule has 184 valence electrons. The third-order valence-electron chi connectivity index (χ3n) is 5.73. The number of benzene rings is 1. The van der Waals surface area contributed by atoms with Gasteiger partial charge in [-0.15, -0.1) is 0 Å². The summed E-state index contributed by atoms with van der Waals surface area (Å²) in [5.41, 5.74) is 3.92. The van der Waals surface area contributed by atoms with Gasteiger partial charge in [-0.2, -0.15) is 5.10 Å². The van der Waals surface area contributed by atoms with Crippen molar-refractivity contribution in [3.63, 3.8) is 0 Å². The first-order chi connectivity index (χ1) is 16.6. The lowest BCUT2D eigenvalue weighted by Gasteiger charge is -2.11. The second-order valence-corrected chi connectivity index (χ2v) is 10.7. The Morgan fingerprint density at radius 1 is 1.11 bits per heavy atom. The highest BCUT2D eigenvalue weighted by atomic mass is 32.2. The molecule has 0 saturated heterocycles. The molecule has 0 unspecified atom stereocenters. The topological polar surface area (TPSA) is 115 Å². The highest BCUT2D eigenvalue weighted by Gasteiger charge is 2.20. The number of nitrogens with one attached hydrogen (secondary N) is 1. The number of pyridine rings is 1. The normalized spacial score (nSPS) is 11.9. The summed E-state index contributed by atoms with van der Waals surface area (Å²) in [5, 5.41) is 7.29. The van der Waals surface area contributed by atoms with Crippen molar-refractivity contribution in [1.82, 2.24) is 28.6 Å². The molecule has 1 N–H and O–H groups in total. The molecule has 3 aromatic heterocycles. The highest BCUT2D eigenvalue weighted by molar-refractivity contribution is 7.89. The fourth-order valence-electron chi connectivity index (χ4n) is 3.97. The van der Waals surface area contributed by atoms with Gasteiger partial charge in [0.1, 0.15) is 5.82 Å². The van der Waals surface area contributed by atoms with E-state index < -0.39 is 10.0 Å². The molecule has 0 aliphatic carbocycles. The van der Waals surface area contributed by atoms with Crippen molar-refractivity contribution in [2.45, 2.75) is 45.1 Å². The van der Waals surface area contributed by atoms with Crippen LogP contribution < -0.4 is 5.32 Å². The van der Waals surface area contributed by atoms with E-state index in [2.05, 4.69) is 20.4 Å². The Morgan fingerprint density at radius 3 is 2.49 bits per heavy atom. The molecule has 1 aromatic carbocycles. The SMILES string of the molecule is CCn1c(CCC(=O)Nc2ccc(-n3nc(C)cc3C)nc2)nc2cc(S(=O)(=O)N(C)C)ccc21. The molecule has 1 amide bonds. The zero-order valence-electron chi connectivity index (χ0n) is 20.5. The van der Waals surface area contributed by atoms with Crippen LogP contribution in [0.25, 0.3) is 16.9 Å². The van der Waals surface area contributed by atoms with Crippen LogP contribution in [-0.4, -0.2) is 57.0 Å². The van der Waals surface area contributed by atoms with Gasteiger partial charge in [0.15, 0.2) is 5.82 Å². The van der Waals surface area contributed by atoms with Crippen molar-refractivity contribution in [3.05, 3.63) is 59.8 Å². The molecule has 0 aliphatic rings. The van der Waals surface area contributed by atoms with Crippen LogP contribution in [0.5, 0.6) is 0 Å². The summed E-state index contributed by atoms with van der Waals surface area (Å²) in [6.07, 6.45) is 2.25. The van der Waals surface area contributed by atoms with Crippen LogP contribution in [-0.2, 0) is 27.8 Å². The molecule has 0 aliphatic heterocycles. The molecule has 0 fully saturated rings. The number of aryl methyl sites for hydroxylation is 4. The number of fused-ring (bicyclic) bond motifs is 1. The van der Waals surface area contributed by atoms with Crippen LogP contribution >= 0.6 is 0 Å². The summed E-state index contributed by atoms with van der Waals surface area (Å²) in [6.45, 7) is 6.54. The summed E-state index contributed by atoms with van der Waals surface area (Å²) in [4.78, 5) is 21.8. The van der Waals surface area contributed by atoms with Gasteiger partial charge in [0.05, 0.1) is 33.5 Å². The Hall–Kier alpha value is -3.57. The molecular formula is C24H29N7O3S. The first-order valence-electron chi connectivity index (χ1n) is 11.3. The third-order valence-corrected chi connectivity index (χ3v) is 7.54. The lowest BCUT2D eigenvalue weighted by Crippen LogP contribution is -2.22. The second kappa shape index (κ2) is 9.59. The van der Waals surface area contributed by atoms with Crippen LogP contribution in [0.4, 0.5) is 5.69 Å². The summed E-state index contributed by atoms with van der Waals surface area (Å²) < 4.78 is 29.9. The average Bonchev–Trinajstić information content (AvgIpc) is 3.35. The number of anilines is 1. The zero-order chi connectivity index (χ0) is 25.3. The van der Waals surface area contributed by atoms with Crippen molar-refractivity contribution >= 4 is 32.7 Å². The van der Waals surface area contributed by atoms with Gasteiger partial charge in [0, 0.05) is 39.2 Å². The summed E-state index contributed by atoms with van der Waals surface area (Å²) in [5.74, 6) is 1.26. The Morgan fingerprint density at radius 2 is 1.89 bits per heavy atom. The van der Waals surface area contributed by atoms with Gasteiger partial charge in [-0.25, -0.2) is 27.4 Å². The largest absolute Gasteiger partial charge is 0.328 e. The van der Waals surface area contributed by atoms with Gasteiger partial charge >= 0.3 is 0 Å². The van der Waals surface area contributed by atoms with Gasteiger partial charge in [-0.1, -0.05) is 0 Å². The number of carbonyl (C=O) groups is 1. The van der Waals surface area contributed by atoms with E-state index in [4.69, 9.17) is 0 Å². The maximum Gasteiger partial charge on any atom is 0.242 e. The fraction of sp³-hybridized carbons (Fsp3) is 0.333. The molecule has 4 rings (SSSR count). The molecule has 0 bridgehead atoms. The minimum absolute atomic E-state index is 0.156. The van der Waals surface area contributed by atoms with Crippen LogP contribution in [0.3, 0.4) is 0 Å². The number of hydrogen-bond acceptors (Lipinski definition) is 6. The maximum absolute atomic E-state index is 12.6. The fourth-order valence-corrected chi connectivity index (χ4v) is 4.89. The number of carbonyl (C=O) groups excluding carboxylic acids is 1. The summed E-state index contributed by atoms with van der Waals surface area (Å²) in [7, 11) is -0.559. The van der Waals surface area contributed by atoms with Gasteiger partial charge in [0.25, 0.3) is 0 Å². The maximum atomic E-state index is 12.6. The molecule has 3 heterocycles. The first-order valence-corrected chi connectivity index (χ1v) is 12.8. The van der Waals surface area contributed by atoms with Crippen LogP contribution in [0.2, 0.25) is 0 Å². The lowest BCUT2D eigenvalue weighted by molar-refractivity contribution is -0.116. The molecule has 11 heteroatoms. The smallest absolute Gasteiger partial charge is 0.242 e. The molecule has 10 nitrogen and oxygen atoms in total. The molecule has 4 aromatic rings. The minimum Gasteiger partial charge on any atom is -0.328 e. The number of aromatic nitrogens is 5. The summed E-state index contributed by atoms with van der Waals surface area (Å²) >= 11 is 0. The predicted octanol–water partition coefficient (Wildman–Crippen LogP) is 3.08. The van der Waals surface area contributed by atoms with Gasteiger partial charge in [0.2, 0.25) is 15.9 Å². The Balaban J connectivity index is 1.46. The Labute approximate surface area is 204 Å². The first kappa shape index (κ1) is 24.6. The van der Waals surface area contributed by atoms with Crippen LogP contribution in [0.15, 0.2) is 47.5 Å². The average molecular weight is 496 g/mol. The van der Waals surface area contributed by atoms with E-state index >= 15 is 0 Å². The van der Waals surface area contributed by atoms with Gasteiger partial charge in [-0.3, -0.25) is 4.79 Å². The van der Waals surface area contributed by atoms with E-state index in [1.807, 2.05) is 37.5 Å². The molecule has 0 spiro atoms. The molecule has 0 radical (unpaired) electrons. The molecule has 35 heavy (non-hydrogen) atoms. The second-order valence-electron chi connectivity index (χ2n) is 8.50. The predicted molar refractivity (Wildman–Crippen MR) is 134 cm³/mol. The van der Waals surface area contributed by atoms with E-state index in [0.717, 1.165) is 22.7 Å². The molecular weight excluding hydrogens is 466 g/mol. The standard InChI is InChI=1S/C24H29N7O3S/c1-6-30-21-9-8-19(35(33,34)29(4)5)14-20(21)27-23(30)11-12-24(32)26-18-7-10-22(25-15-18)31-17(3)13-16(2)28-31/h7-10,13-15H,6,11-12H2,1-5H3,(H,26,32). The minimum atomic E-state index is -3.55. The number of nitrogens with zero attached hydrogens (tertiary/aromatic N) is 6.